The first-order chi connectivity index (χ1) is 9.04. The van der Waals surface area contributed by atoms with Gasteiger partial charge in [-0.2, -0.15) is 0 Å². The molecule has 0 unspecified atom stereocenters. The molecule has 0 aliphatic heterocycles. The van der Waals surface area contributed by atoms with Gasteiger partial charge in [-0.25, -0.2) is 14.2 Å². The third-order valence-corrected chi connectivity index (χ3v) is 3.61. The van der Waals surface area contributed by atoms with Gasteiger partial charge in [0.25, 0.3) is 0 Å². The highest BCUT2D eigenvalue weighted by atomic mass is 32.1. The van der Waals surface area contributed by atoms with Crippen molar-refractivity contribution in [3.63, 3.8) is 0 Å². The summed E-state index contributed by atoms with van der Waals surface area (Å²) in [4.78, 5) is 16.9. The lowest BCUT2D eigenvalue weighted by Crippen LogP contribution is -2.19. The number of carbonyl (C=O) groups is 1. The zero-order valence-electron chi connectivity index (χ0n) is 10.6. The number of thiazole rings is 1. The summed E-state index contributed by atoms with van der Waals surface area (Å²) < 4.78 is 13.0. The number of urea groups is 1. The van der Waals surface area contributed by atoms with Gasteiger partial charge in [0.15, 0.2) is 5.13 Å². The standard InChI is InChI=1S/C13H14FN3OS/c1-8(2)11-7-15-13(19-11)17-12(18)16-10-5-3-4-9(14)6-10/h3-8H,1-2H3,(H2,15,16,17,18). The predicted octanol–water partition coefficient (Wildman–Crippen LogP) is 4.05. The highest BCUT2D eigenvalue weighted by Gasteiger charge is 2.08. The summed E-state index contributed by atoms with van der Waals surface area (Å²) in [6.07, 6.45) is 1.74. The van der Waals surface area contributed by atoms with E-state index in [4.69, 9.17) is 0 Å². The van der Waals surface area contributed by atoms with Crippen LogP contribution in [0.15, 0.2) is 30.5 Å². The molecule has 2 aromatic rings. The number of halogens is 1. The summed E-state index contributed by atoms with van der Waals surface area (Å²) >= 11 is 1.43. The molecule has 0 spiro atoms. The number of hydrogen-bond donors (Lipinski definition) is 2. The van der Waals surface area contributed by atoms with Crippen LogP contribution < -0.4 is 10.6 Å². The SMILES string of the molecule is CC(C)c1cnc(NC(=O)Nc2cccc(F)c2)s1. The highest BCUT2D eigenvalue weighted by Crippen LogP contribution is 2.25. The molecule has 0 saturated heterocycles. The predicted molar refractivity (Wildman–Crippen MR) is 75.2 cm³/mol. The number of amides is 2. The van der Waals surface area contributed by atoms with E-state index in [1.54, 1.807) is 12.3 Å². The van der Waals surface area contributed by atoms with Gasteiger partial charge in [0.1, 0.15) is 5.82 Å². The van der Waals surface area contributed by atoms with Gasteiger partial charge in [-0.05, 0) is 24.1 Å². The molecule has 1 aromatic heterocycles. The van der Waals surface area contributed by atoms with E-state index in [0.29, 0.717) is 16.7 Å². The second kappa shape index (κ2) is 5.79. The van der Waals surface area contributed by atoms with Gasteiger partial charge in [0.2, 0.25) is 0 Å². The Bertz CT molecular complexity index is 583. The van der Waals surface area contributed by atoms with Gasteiger partial charge < -0.3 is 5.32 Å². The van der Waals surface area contributed by atoms with Gasteiger partial charge in [-0.15, -0.1) is 11.3 Å². The summed E-state index contributed by atoms with van der Waals surface area (Å²) in [5.41, 5.74) is 0.401. The van der Waals surface area contributed by atoms with E-state index in [0.717, 1.165) is 4.88 Å². The van der Waals surface area contributed by atoms with E-state index >= 15 is 0 Å². The lowest BCUT2D eigenvalue weighted by Gasteiger charge is -2.05. The van der Waals surface area contributed by atoms with Crippen LogP contribution in [0, 0.1) is 5.82 Å². The molecule has 0 atom stereocenters. The van der Waals surface area contributed by atoms with Crippen molar-refractivity contribution in [2.45, 2.75) is 19.8 Å². The zero-order chi connectivity index (χ0) is 13.8. The molecule has 6 heteroatoms. The number of nitrogens with zero attached hydrogens (tertiary/aromatic N) is 1. The maximum Gasteiger partial charge on any atom is 0.325 e. The van der Waals surface area contributed by atoms with Crippen LogP contribution in [0.5, 0.6) is 0 Å². The number of aromatic nitrogens is 1. The third-order valence-electron chi connectivity index (χ3n) is 2.40. The molecule has 2 amide bonds. The normalized spacial score (nSPS) is 10.5. The van der Waals surface area contributed by atoms with E-state index < -0.39 is 11.8 Å². The number of nitrogens with one attached hydrogen (secondary N) is 2. The van der Waals surface area contributed by atoms with Crippen molar-refractivity contribution in [2.75, 3.05) is 10.6 Å². The Kier molecular flexibility index (Phi) is 4.11. The quantitative estimate of drug-likeness (QED) is 0.890. The third kappa shape index (κ3) is 3.75. The average molecular weight is 279 g/mol. The molecule has 1 heterocycles. The largest absolute Gasteiger partial charge is 0.325 e. The highest BCUT2D eigenvalue weighted by molar-refractivity contribution is 7.15. The van der Waals surface area contributed by atoms with E-state index in [1.807, 2.05) is 0 Å². The minimum atomic E-state index is -0.435. The van der Waals surface area contributed by atoms with Crippen LogP contribution in [0.1, 0.15) is 24.6 Å². The monoisotopic (exact) mass is 279 g/mol. The summed E-state index contributed by atoms with van der Waals surface area (Å²) in [6.45, 7) is 4.12. The van der Waals surface area contributed by atoms with Crippen LogP contribution in [0.3, 0.4) is 0 Å². The van der Waals surface area contributed by atoms with Crippen molar-refractivity contribution >= 4 is 28.2 Å². The van der Waals surface area contributed by atoms with Crippen LogP contribution in [-0.4, -0.2) is 11.0 Å². The first-order valence-electron chi connectivity index (χ1n) is 5.84. The molecule has 0 fully saturated rings. The number of rotatable bonds is 3. The first-order valence-corrected chi connectivity index (χ1v) is 6.65. The van der Waals surface area contributed by atoms with Gasteiger partial charge >= 0.3 is 6.03 Å². The average Bonchev–Trinajstić information content (AvgIpc) is 2.77. The maximum absolute atomic E-state index is 13.0. The van der Waals surface area contributed by atoms with Crippen molar-refractivity contribution in [1.29, 1.82) is 0 Å². The molecule has 100 valence electrons. The number of carbonyl (C=O) groups excluding carboxylic acids is 1. The molecule has 2 N–H and O–H groups in total. The fourth-order valence-electron chi connectivity index (χ4n) is 1.44. The fourth-order valence-corrected chi connectivity index (χ4v) is 2.25. The van der Waals surface area contributed by atoms with Crippen LogP contribution >= 0.6 is 11.3 Å². The molecule has 0 radical (unpaired) electrons. The van der Waals surface area contributed by atoms with Crippen molar-refractivity contribution in [2.24, 2.45) is 0 Å². The second-order valence-corrected chi connectivity index (χ2v) is 5.37. The Labute approximate surface area is 114 Å². The Morgan fingerprint density at radius 3 is 2.79 bits per heavy atom. The van der Waals surface area contributed by atoms with E-state index in [9.17, 15) is 9.18 Å². The van der Waals surface area contributed by atoms with E-state index in [1.165, 1.54) is 29.5 Å². The Morgan fingerprint density at radius 2 is 2.16 bits per heavy atom. The van der Waals surface area contributed by atoms with E-state index in [2.05, 4.69) is 29.5 Å². The van der Waals surface area contributed by atoms with E-state index in [-0.39, 0.29) is 0 Å². The summed E-state index contributed by atoms with van der Waals surface area (Å²) in [7, 11) is 0. The molecular weight excluding hydrogens is 265 g/mol. The second-order valence-electron chi connectivity index (χ2n) is 4.31. The van der Waals surface area contributed by atoms with Crippen LogP contribution in [-0.2, 0) is 0 Å². The summed E-state index contributed by atoms with van der Waals surface area (Å²) in [5.74, 6) is -0.0199. The zero-order valence-corrected chi connectivity index (χ0v) is 11.4. The van der Waals surface area contributed by atoms with Gasteiger partial charge in [-0.1, -0.05) is 19.9 Å². The summed E-state index contributed by atoms with van der Waals surface area (Å²) in [6, 6.07) is 5.28. The number of hydrogen-bond acceptors (Lipinski definition) is 3. The lowest BCUT2D eigenvalue weighted by atomic mass is 10.2. The first kappa shape index (κ1) is 13.5. The van der Waals surface area contributed by atoms with Crippen LogP contribution in [0.4, 0.5) is 20.0 Å². The van der Waals surface area contributed by atoms with Crippen molar-refractivity contribution in [1.82, 2.24) is 4.98 Å². The molecule has 0 aliphatic rings. The summed E-state index contributed by atoms with van der Waals surface area (Å²) in [5, 5.41) is 5.69. The van der Waals surface area contributed by atoms with Crippen LogP contribution in [0.25, 0.3) is 0 Å². The molecule has 19 heavy (non-hydrogen) atoms. The Morgan fingerprint density at radius 1 is 1.37 bits per heavy atom. The van der Waals surface area contributed by atoms with Crippen molar-refractivity contribution < 1.29 is 9.18 Å². The van der Waals surface area contributed by atoms with Crippen LogP contribution in [0.2, 0.25) is 0 Å². The molecule has 4 nitrogen and oxygen atoms in total. The van der Waals surface area contributed by atoms with Crippen molar-refractivity contribution in [3.05, 3.63) is 41.2 Å². The molecule has 0 bridgehead atoms. The molecule has 0 aliphatic carbocycles. The molecule has 1 aromatic carbocycles. The fraction of sp³-hybridized carbons (Fsp3) is 0.231. The Hall–Kier alpha value is -1.95. The topological polar surface area (TPSA) is 54.0 Å². The molecular formula is C13H14FN3OS. The van der Waals surface area contributed by atoms with Gasteiger partial charge in [0, 0.05) is 16.8 Å². The number of anilines is 2. The maximum atomic E-state index is 13.0. The minimum absolute atomic E-state index is 0.374. The lowest BCUT2D eigenvalue weighted by molar-refractivity contribution is 0.262. The van der Waals surface area contributed by atoms with Gasteiger partial charge in [-0.3, -0.25) is 5.32 Å². The van der Waals surface area contributed by atoms with Crippen molar-refractivity contribution in [3.8, 4) is 0 Å². The molecule has 2 rings (SSSR count). The van der Waals surface area contributed by atoms with Gasteiger partial charge in [0.05, 0.1) is 0 Å². The number of benzene rings is 1. The minimum Gasteiger partial charge on any atom is -0.308 e. The Balaban J connectivity index is 1.97. The smallest absolute Gasteiger partial charge is 0.308 e. The molecule has 0 saturated carbocycles.